The lowest BCUT2D eigenvalue weighted by Crippen LogP contribution is -2.30. The van der Waals surface area contributed by atoms with Crippen LogP contribution in [-0.2, 0) is 22.4 Å². The van der Waals surface area contributed by atoms with Gasteiger partial charge >= 0.3 is 0 Å². The summed E-state index contributed by atoms with van der Waals surface area (Å²) in [5.74, 6) is 0.564. The van der Waals surface area contributed by atoms with Crippen molar-refractivity contribution in [2.24, 2.45) is 5.92 Å². The van der Waals surface area contributed by atoms with E-state index in [2.05, 4.69) is 25.5 Å². The topological polar surface area (TPSA) is 87.2 Å². The van der Waals surface area contributed by atoms with Gasteiger partial charge in [0.1, 0.15) is 5.82 Å². The van der Waals surface area contributed by atoms with Crippen LogP contribution in [0.1, 0.15) is 31.5 Å². The maximum absolute atomic E-state index is 11.6. The highest BCUT2D eigenvalue weighted by Crippen LogP contribution is 2.32. The van der Waals surface area contributed by atoms with Crippen LogP contribution in [0.4, 0.5) is 17.5 Å². The molecule has 2 N–H and O–H groups in total. The Bertz CT molecular complexity index is 951. The van der Waals surface area contributed by atoms with Crippen molar-refractivity contribution >= 4 is 52.5 Å². The van der Waals surface area contributed by atoms with Crippen LogP contribution in [0.25, 0.3) is 0 Å². The SMILES string of the molecule is CC(=O)Nc1nc2c(c(NC(C)=O)n1)CC(CN(C)c1ccc(Cl)c(Cl)c1)CC2. The molecule has 2 amide bonds. The number of hydrogen-bond donors (Lipinski definition) is 2. The van der Waals surface area contributed by atoms with Crippen molar-refractivity contribution in [2.45, 2.75) is 33.1 Å². The maximum atomic E-state index is 11.6. The molecule has 3 rings (SSSR count). The second-order valence-electron chi connectivity index (χ2n) is 7.27. The van der Waals surface area contributed by atoms with Crippen LogP contribution in [0.3, 0.4) is 0 Å². The molecule has 1 atom stereocenters. The number of rotatable bonds is 5. The molecule has 1 unspecified atom stereocenters. The number of aromatic nitrogens is 2. The first-order valence-electron chi connectivity index (χ1n) is 9.34. The first-order valence-corrected chi connectivity index (χ1v) is 10.1. The zero-order valence-corrected chi connectivity index (χ0v) is 18.1. The van der Waals surface area contributed by atoms with Crippen LogP contribution in [0.5, 0.6) is 0 Å². The van der Waals surface area contributed by atoms with Crippen molar-refractivity contribution in [1.82, 2.24) is 9.97 Å². The van der Waals surface area contributed by atoms with Gasteiger partial charge in [-0.3, -0.25) is 14.9 Å². The molecule has 1 aliphatic rings. The Labute approximate surface area is 179 Å². The van der Waals surface area contributed by atoms with E-state index in [1.165, 1.54) is 13.8 Å². The second kappa shape index (κ2) is 8.97. The fourth-order valence-corrected chi connectivity index (χ4v) is 3.83. The molecule has 0 radical (unpaired) electrons. The molecular weight excluding hydrogens is 413 g/mol. The number of fused-ring (bicyclic) bond motifs is 1. The number of anilines is 3. The number of hydrogen-bond acceptors (Lipinski definition) is 5. The smallest absolute Gasteiger partial charge is 0.231 e. The van der Waals surface area contributed by atoms with Crippen LogP contribution >= 0.6 is 23.2 Å². The maximum Gasteiger partial charge on any atom is 0.231 e. The van der Waals surface area contributed by atoms with E-state index >= 15 is 0 Å². The van der Waals surface area contributed by atoms with Gasteiger partial charge in [0.15, 0.2) is 0 Å². The van der Waals surface area contributed by atoms with Crippen LogP contribution in [-0.4, -0.2) is 35.4 Å². The molecule has 0 bridgehead atoms. The quantitative estimate of drug-likeness (QED) is 0.742. The predicted octanol–water partition coefficient (Wildman–Crippen LogP) is 3.94. The summed E-state index contributed by atoms with van der Waals surface area (Å²) < 4.78 is 0. The van der Waals surface area contributed by atoms with E-state index < -0.39 is 0 Å². The van der Waals surface area contributed by atoms with Gasteiger partial charge in [-0.25, -0.2) is 4.98 Å². The highest BCUT2D eigenvalue weighted by molar-refractivity contribution is 6.42. The fraction of sp³-hybridized carbons (Fsp3) is 0.400. The van der Waals surface area contributed by atoms with Crippen molar-refractivity contribution in [3.63, 3.8) is 0 Å². The average Bonchev–Trinajstić information content (AvgIpc) is 2.63. The molecule has 0 fully saturated rings. The Hall–Kier alpha value is -2.38. The van der Waals surface area contributed by atoms with Crippen molar-refractivity contribution in [3.05, 3.63) is 39.5 Å². The summed E-state index contributed by atoms with van der Waals surface area (Å²) in [6, 6.07) is 5.58. The van der Waals surface area contributed by atoms with Crippen LogP contribution in [0.15, 0.2) is 18.2 Å². The van der Waals surface area contributed by atoms with E-state index in [4.69, 9.17) is 23.2 Å². The highest BCUT2D eigenvalue weighted by Gasteiger charge is 2.26. The number of aryl methyl sites for hydroxylation is 1. The van der Waals surface area contributed by atoms with Crippen molar-refractivity contribution in [1.29, 1.82) is 0 Å². The lowest BCUT2D eigenvalue weighted by atomic mass is 9.86. The van der Waals surface area contributed by atoms with Gasteiger partial charge in [0.25, 0.3) is 0 Å². The first-order chi connectivity index (χ1) is 13.7. The van der Waals surface area contributed by atoms with E-state index in [-0.39, 0.29) is 17.8 Å². The zero-order chi connectivity index (χ0) is 21.1. The van der Waals surface area contributed by atoms with E-state index in [1.807, 2.05) is 19.2 Å². The van der Waals surface area contributed by atoms with E-state index in [9.17, 15) is 9.59 Å². The minimum absolute atomic E-state index is 0.213. The Kier molecular flexibility index (Phi) is 6.59. The van der Waals surface area contributed by atoms with Crippen LogP contribution < -0.4 is 15.5 Å². The number of carbonyl (C=O) groups is 2. The van der Waals surface area contributed by atoms with Crippen molar-refractivity contribution in [2.75, 3.05) is 29.1 Å². The van der Waals surface area contributed by atoms with Gasteiger partial charge in [0.2, 0.25) is 17.8 Å². The van der Waals surface area contributed by atoms with Crippen molar-refractivity contribution < 1.29 is 9.59 Å². The van der Waals surface area contributed by atoms with Gasteiger partial charge < -0.3 is 10.2 Å². The predicted molar refractivity (Wildman–Crippen MR) is 116 cm³/mol. The van der Waals surface area contributed by atoms with E-state index in [0.717, 1.165) is 42.8 Å². The molecule has 154 valence electrons. The third kappa shape index (κ3) is 5.36. The molecule has 1 aliphatic carbocycles. The van der Waals surface area contributed by atoms with Gasteiger partial charge in [-0.1, -0.05) is 23.2 Å². The van der Waals surface area contributed by atoms with Gasteiger partial charge in [-0.2, -0.15) is 4.98 Å². The summed E-state index contributed by atoms with van der Waals surface area (Å²) in [4.78, 5) is 34.0. The molecule has 1 aromatic heterocycles. The van der Waals surface area contributed by atoms with Gasteiger partial charge in [-0.05, 0) is 43.4 Å². The number of carbonyl (C=O) groups excluding carboxylic acids is 2. The first kappa shape index (κ1) is 21.3. The van der Waals surface area contributed by atoms with Gasteiger partial charge in [0.05, 0.1) is 15.7 Å². The number of halogens is 2. The molecule has 2 aromatic rings. The Balaban J connectivity index is 1.80. The summed E-state index contributed by atoms with van der Waals surface area (Å²) in [6.07, 6.45) is 2.42. The van der Waals surface area contributed by atoms with Crippen LogP contribution in [0.2, 0.25) is 10.0 Å². The minimum atomic E-state index is -0.254. The highest BCUT2D eigenvalue weighted by atomic mass is 35.5. The normalized spacial score (nSPS) is 15.4. The molecule has 0 saturated carbocycles. The molecule has 7 nitrogen and oxygen atoms in total. The molecule has 1 heterocycles. The largest absolute Gasteiger partial charge is 0.374 e. The number of amides is 2. The lowest BCUT2D eigenvalue weighted by Gasteiger charge is -2.30. The summed E-state index contributed by atoms with van der Waals surface area (Å²) in [7, 11) is 2.01. The number of nitrogens with one attached hydrogen (secondary N) is 2. The average molecular weight is 436 g/mol. The monoisotopic (exact) mass is 435 g/mol. The molecule has 9 heteroatoms. The summed E-state index contributed by atoms with van der Waals surface area (Å²) in [5, 5.41) is 6.43. The molecule has 1 aromatic carbocycles. The van der Waals surface area contributed by atoms with Crippen LogP contribution in [0, 0.1) is 5.92 Å². The minimum Gasteiger partial charge on any atom is -0.374 e. The Morgan fingerprint density at radius 2 is 1.86 bits per heavy atom. The molecule has 0 aliphatic heterocycles. The summed E-state index contributed by atoms with van der Waals surface area (Å²) in [5.41, 5.74) is 2.78. The van der Waals surface area contributed by atoms with Gasteiger partial charge in [0, 0.05) is 38.7 Å². The number of nitrogens with zero attached hydrogens (tertiary/aromatic N) is 3. The summed E-state index contributed by atoms with van der Waals surface area (Å²) >= 11 is 12.2. The third-order valence-electron chi connectivity index (χ3n) is 4.83. The zero-order valence-electron chi connectivity index (χ0n) is 16.6. The van der Waals surface area contributed by atoms with Crippen molar-refractivity contribution in [3.8, 4) is 0 Å². The molecule has 0 spiro atoms. The third-order valence-corrected chi connectivity index (χ3v) is 5.57. The van der Waals surface area contributed by atoms with E-state index in [1.54, 1.807) is 6.07 Å². The fourth-order valence-electron chi connectivity index (χ4n) is 3.54. The standard InChI is InChI=1S/C20H23Cl2N5O2/c1-11(28)23-19-15-8-13(4-7-18(15)25-20(26-19)24-12(2)29)10-27(3)14-5-6-16(21)17(22)9-14/h5-6,9,13H,4,7-8,10H2,1-3H3,(H2,23,24,25,26,28,29). The molecule has 29 heavy (non-hydrogen) atoms. The molecular formula is C20H23Cl2N5O2. The molecule has 0 saturated heterocycles. The Morgan fingerprint density at radius 1 is 1.14 bits per heavy atom. The second-order valence-corrected chi connectivity index (χ2v) is 8.09. The Morgan fingerprint density at radius 3 is 2.52 bits per heavy atom. The number of benzene rings is 1. The lowest BCUT2D eigenvalue weighted by molar-refractivity contribution is -0.115. The summed E-state index contributed by atoms with van der Waals surface area (Å²) in [6.45, 7) is 3.64. The van der Waals surface area contributed by atoms with Gasteiger partial charge in [-0.15, -0.1) is 0 Å². The van der Waals surface area contributed by atoms with E-state index in [0.29, 0.717) is 21.8 Å².